The van der Waals surface area contributed by atoms with Crippen LogP contribution < -0.4 is 5.32 Å². The molecule has 1 aliphatic heterocycles. The van der Waals surface area contributed by atoms with E-state index in [2.05, 4.69) is 45.5 Å². The Hall–Kier alpha value is -3.28. The number of hydrogen-bond donors (Lipinski definition) is 2. The summed E-state index contributed by atoms with van der Waals surface area (Å²) >= 11 is 0. The van der Waals surface area contributed by atoms with E-state index in [9.17, 15) is 26.3 Å². The smallest absolute Gasteiger partial charge is 0.475 e. The van der Waals surface area contributed by atoms with Gasteiger partial charge in [0, 0.05) is 50.7 Å². The molecule has 0 spiro atoms. The Balaban J connectivity index is 0.000000406. The van der Waals surface area contributed by atoms with Crippen molar-refractivity contribution in [3.05, 3.63) is 77.6 Å². The lowest BCUT2D eigenvalue weighted by molar-refractivity contribution is -0.192. The van der Waals surface area contributed by atoms with Crippen LogP contribution in [0.1, 0.15) is 29.1 Å². The number of hydrogen-bond acceptors (Lipinski definition) is 3. The predicted octanol–water partition coefficient (Wildman–Crippen LogP) is 4.49. The molecule has 0 aliphatic carbocycles. The monoisotopic (exact) mass is 488 g/mol. The van der Waals surface area contributed by atoms with Crippen LogP contribution in [0.5, 0.6) is 0 Å². The number of nitrogens with zero attached hydrogens (tertiary/aromatic N) is 3. The largest absolute Gasteiger partial charge is 0.490 e. The van der Waals surface area contributed by atoms with Gasteiger partial charge in [0.15, 0.2) is 5.69 Å². The van der Waals surface area contributed by atoms with Crippen LogP contribution in [0.3, 0.4) is 0 Å². The molecule has 1 aromatic carbocycles. The van der Waals surface area contributed by atoms with Crippen molar-refractivity contribution in [2.75, 3.05) is 0 Å². The van der Waals surface area contributed by atoms with Gasteiger partial charge in [-0.25, -0.2) is 9.78 Å². The van der Waals surface area contributed by atoms with E-state index in [1.54, 1.807) is 4.57 Å². The molecular weight excluding hydrogens is 466 g/mol. The molecule has 1 atom stereocenters. The highest BCUT2D eigenvalue weighted by atomic mass is 19.4. The topological polar surface area (TPSA) is 72.1 Å². The number of benzene rings is 1. The minimum atomic E-state index is -5.08. The molecular formula is C22H22F6N4O2. The van der Waals surface area contributed by atoms with E-state index in [1.165, 1.54) is 11.1 Å². The second-order valence-corrected chi connectivity index (χ2v) is 7.79. The lowest BCUT2D eigenvalue weighted by Crippen LogP contribution is -2.36. The third-order valence-corrected chi connectivity index (χ3v) is 5.14. The van der Waals surface area contributed by atoms with Crippen LogP contribution in [0.15, 0.2) is 55.0 Å². The van der Waals surface area contributed by atoms with Crippen LogP contribution in [0.4, 0.5) is 26.3 Å². The van der Waals surface area contributed by atoms with E-state index in [4.69, 9.17) is 9.90 Å². The maximum atomic E-state index is 12.8. The van der Waals surface area contributed by atoms with E-state index < -0.39 is 24.0 Å². The van der Waals surface area contributed by atoms with E-state index in [0.29, 0.717) is 25.3 Å². The fraction of sp³-hybridized carbons (Fsp3) is 0.364. The van der Waals surface area contributed by atoms with Gasteiger partial charge in [0.05, 0.1) is 0 Å². The number of fused-ring (bicyclic) bond motifs is 1. The number of aryl methyl sites for hydroxylation is 1. The Morgan fingerprint density at radius 1 is 1.06 bits per heavy atom. The fourth-order valence-electron chi connectivity index (χ4n) is 3.50. The van der Waals surface area contributed by atoms with Crippen molar-refractivity contribution in [1.29, 1.82) is 0 Å². The summed E-state index contributed by atoms with van der Waals surface area (Å²) in [4.78, 5) is 12.6. The number of carboxylic acids is 1. The van der Waals surface area contributed by atoms with Gasteiger partial charge in [-0.2, -0.15) is 26.3 Å². The molecule has 12 heteroatoms. The zero-order valence-electron chi connectivity index (χ0n) is 17.8. The maximum absolute atomic E-state index is 12.8. The molecule has 184 valence electrons. The van der Waals surface area contributed by atoms with Crippen LogP contribution in [0, 0.1) is 0 Å². The summed E-state index contributed by atoms with van der Waals surface area (Å²) in [7, 11) is 0. The van der Waals surface area contributed by atoms with Crippen molar-refractivity contribution in [1.82, 2.24) is 19.4 Å². The second kappa shape index (κ2) is 10.3. The number of alkyl halides is 6. The second-order valence-electron chi connectivity index (χ2n) is 7.79. The molecule has 0 bridgehead atoms. The molecule has 34 heavy (non-hydrogen) atoms. The first-order valence-electron chi connectivity index (χ1n) is 10.3. The highest BCUT2D eigenvalue weighted by Crippen LogP contribution is 2.29. The number of halogens is 6. The zero-order chi connectivity index (χ0) is 24.9. The van der Waals surface area contributed by atoms with Gasteiger partial charge < -0.3 is 19.6 Å². The van der Waals surface area contributed by atoms with Crippen LogP contribution in [0.25, 0.3) is 0 Å². The summed E-state index contributed by atoms with van der Waals surface area (Å²) in [5.41, 5.74) is 1.61. The Morgan fingerprint density at radius 3 is 2.35 bits per heavy atom. The summed E-state index contributed by atoms with van der Waals surface area (Å²) in [5.74, 6) is -2.23. The van der Waals surface area contributed by atoms with Crippen molar-refractivity contribution in [3.8, 4) is 0 Å². The number of aromatic nitrogens is 3. The highest BCUT2D eigenvalue weighted by Gasteiger charge is 2.38. The first-order chi connectivity index (χ1) is 15.9. The van der Waals surface area contributed by atoms with Gasteiger partial charge >= 0.3 is 18.3 Å². The Labute approximate surface area is 190 Å². The quantitative estimate of drug-likeness (QED) is 0.520. The number of carbonyl (C=O) groups is 1. The third kappa shape index (κ3) is 7.11. The minimum Gasteiger partial charge on any atom is -0.475 e. The van der Waals surface area contributed by atoms with E-state index in [0.717, 1.165) is 19.2 Å². The third-order valence-electron chi connectivity index (χ3n) is 5.14. The molecule has 3 heterocycles. The molecule has 0 saturated carbocycles. The first kappa shape index (κ1) is 25.3. The first-order valence-corrected chi connectivity index (χ1v) is 10.3. The number of imidazole rings is 1. The van der Waals surface area contributed by atoms with E-state index >= 15 is 0 Å². The van der Waals surface area contributed by atoms with Crippen LogP contribution >= 0.6 is 0 Å². The number of nitrogens with one attached hydrogen (secondary N) is 1. The van der Waals surface area contributed by atoms with Gasteiger partial charge in [0.25, 0.3) is 0 Å². The van der Waals surface area contributed by atoms with Crippen molar-refractivity contribution >= 4 is 5.97 Å². The molecule has 6 nitrogen and oxygen atoms in total. The SMILES string of the molecule is FC(F)(F)c1cn2c(n1)CCC(NCc1ccn(Cc3ccccc3)c1)C2.O=C(O)C(F)(F)F. The lowest BCUT2D eigenvalue weighted by atomic mass is 10.1. The average molecular weight is 488 g/mol. The molecule has 1 unspecified atom stereocenters. The van der Waals surface area contributed by atoms with E-state index in [-0.39, 0.29) is 6.04 Å². The van der Waals surface area contributed by atoms with Gasteiger partial charge in [-0.3, -0.25) is 0 Å². The van der Waals surface area contributed by atoms with Gasteiger partial charge in [-0.15, -0.1) is 0 Å². The molecule has 0 amide bonds. The highest BCUT2D eigenvalue weighted by molar-refractivity contribution is 5.73. The summed E-state index contributed by atoms with van der Waals surface area (Å²) in [6.07, 6.45) is -2.84. The number of rotatable bonds is 5. The molecule has 2 aromatic heterocycles. The normalized spacial score (nSPS) is 15.9. The van der Waals surface area contributed by atoms with Crippen molar-refractivity contribution in [2.24, 2.45) is 0 Å². The Bertz CT molecular complexity index is 1090. The van der Waals surface area contributed by atoms with Crippen molar-refractivity contribution in [3.63, 3.8) is 0 Å². The molecule has 2 N–H and O–H groups in total. The summed E-state index contributed by atoms with van der Waals surface area (Å²) < 4.78 is 73.9. The van der Waals surface area contributed by atoms with Gasteiger partial charge in [0.2, 0.25) is 0 Å². The van der Waals surface area contributed by atoms with Crippen LogP contribution in [-0.2, 0) is 37.0 Å². The molecule has 0 saturated heterocycles. The summed E-state index contributed by atoms with van der Waals surface area (Å²) in [6.45, 7) is 2.04. The fourth-order valence-corrected chi connectivity index (χ4v) is 3.50. The van der Waals surface area contributed by atoms with Crippen molar-refractivity contribution < 1.29 is 36.2 Å². The lowest BCUT2D eigenvalue weighted by Gasteiger charge is -2.24. The standard InChI is InChI=1S/C20H21F3N4.C2HF3O2/c21-20(22,23)18-14-27-13-17(6-7-19(27)25-18)24-10-16-8-9-26(12-16)11-15-4-2-1-3-5-15;3-2(4,5)1(6)7/h1-5,8-9,12,14,17,24H,6-7,10-11,13H2;(H,6,7). The average Bonchev–Trinajstić information content (AvgIpc) is 3.39. The van der Waals surface area contributed by atoms with Gasteiger partial charge in [0.1, 0.15) is 5.82 Å². The van der Waals surface area contributed by atoms with Gasteiger partial charge in [-0.1, -0.05) is 30.3 Å². The van der Waals surface area contributed by atoms with Crippen LogP contribution in [0.2, 0.25) is 0 Å². The Kier molecular flexibility index (Phi) is 7.70. The zero-order valence-corrected chi connectivity index (χ0v) is 17.8. The van der Waals surface area contributed by atoms with Crippen LogP contribution in [-0.4, -0.2) is 37.4 Å². The molecule has 4 rings (SSSR count). The predicted molar refractivity (Wildman–Crippen MR) is 110 cm³/mol. The van der Waals surface area contributed by atoms with Gasteiger partial charge in [-0.05, 0) is 23.6 Å². The maximum Gasteiger partial charge on any atom is 0.490 e. The Morgan fingerprint density at radius 2 is 1.74 bits per heavy atom. The minimum absolute atomic E-state index is 0.144. The van der Waals surface area contributed by atoms with E-state index in [1.807, 2.05) is 18.2 Å². The molecule has 0 radical (unpaired) electrons. The number of carboxylic acid groups (broad SMARTS) is 1. The van der Waals surface area contributed by atoms with Crippen molar-refractivity contribution in [2.45, 2.75) is 50.9 Å². The molecule has 0 fully saturated rings. The summed E-state index contributed by atoms with van der Waals surface area (Å²) in [5, 5.41) is 10.6. The molecule has 3 aromatic rings. The molecule has 1 aliphatic rings. The summed E-state index contributed by atoms with van der Waals surface area (Å²) in [6, 6.07) is 12.5. The number of aliphatic carboxylic acids is 1.